The molecule has 7 heteroatoms. The molecule has 102 valence electrons. The van der Waals surface area contributed by atoms with Crippen LogP contribution in [0.15, 0.2) is 24.5 Å². The Morgan fingerprint density at radius 1 is 1.30 bits per heavy atom. The van der Waals surface area contributed by atoms with Crippen LogP contribution in [-0.4, -0.2) is 27.0 Å². The van der Waals surface area contributed by atoms with Gasteiger partial charge in [-0.25, -0.2) is 4.98 Å². The molecule has 0 spiro atoms. The van der Waals surface area contributed by atoms with Gasteiger partial charge in [-0.2, -0.15) is 9.97 Å². The highest BCUT2D eigenvalue weighted by Gasteiger charge is 2.11. The Hall–Kier alpha value is -2.34. The number of ether oxygens (including phenoxy) is 1. The van der Waals surface area contributed by atoms with E-state index in [2.05, 4.69) is 25.3 Å². The van der Waals surface area contributed by atoms with Crippen molar-refractivity contribution < 1.29 is 4.74 Å². The van der Waals surface area contributed by atoms with Crippen LogP contribution in [0.5, 0.6) is 11.6 Å². The van der Waals surface area contributed by atoms with Gasteiger partial charge in [0.05, 0.1) is 6.33 Å². The van der Waals surface area contributed by atoms with Crippen molar-refractivity contribution in [3.05, 3.63) is 35.1 Å². The molecule has 0 fully saturated rings. The summed E-state index contributed by atoms with van der Waals surface area (Å²) in [5.41, 5.74) is 2.13. The van der Waals surface area contributed by atoms with Gasteiger partial charge in [-0.1, -0.05) is 11.6 Å². The van der Waals surface area contributed by atoms with Crippen LogP contribution in [0.2, 0.25) is 5.02 Å². The van der Waals surface area contributed by atoms with Gasteiger partial charge in [0.15, 0.2) is 5.65 Å². The second kappa shape index (κ2) is 4.97. The Morgan fingerprint density at radius 2 is 2.15 bits per heavy atom. The summed E-state index contributed by atoms with van der Waals surface area (Å²) in [7, 11) is 1.74. The van der Waals surface area contributed by atoms with E-state index in [4.69, 9.17) is 16.3 Å². The highest BCUT2D eigenvalue weighted by atomic mass is 35.5. The number of aryl methyl sites for hydroxylation is 1. The smallest absolute Gasteiger partial charge is 0.250 e. The van der Waals surface area contributed by atoms with Crippen molar-refractivity contribution in [2.45, 2.75) is 6.92 Å². The molecule has 0 aliphatic heterocycles. The van der Waals surface area contributed by atoms with Gasteiger partial charge in [0.2, 0.25) is 5.95 Å². The normalized spacial score (nSPS) is 10.8. The lowest BCUT2D eigenvalue weighted by molar-refractivity contribution is 0.467. The van der Waals surface area contributed by atoms with Crippen LogP contribution in [0.25, 0.3) is 11.2 Å². The zero-order valence-electron chi connectivity index (χ0n) is 10.9. The van der Waals surface area contributed by atoms with Crippen LogP contribution in [0, 0.1) is 6.92 Å². The average Bonchev–Trinajstić information content (AvgIpc) is 2.91. The number of anilines is 1. The predicted molar refractivity (Wildman–Crippen MR) is 77.5 cm³/mol. The fraction of sp³-hybridized carbons (Fsp3) is 0.154. The molecule has 2 N–H and O–H groups in total. The maximum absolute atomic E-state index is 6.00. The van der Waals surface area contributed by atoms with E-state index in [9.17, 15) is 0 Å². The van der Waals surface area contributed by atoms with E-state index in [0.29, 0.717) is 33.8 Å². The minimum Gasteiger partial charge on any atom is -0.437 e. The Balaban J connectivity index is 2.04. The number of aromatic nitrogens is 4. The summed E-state index contributed by atoms with van der Waals surface area (Å²) in [4.78, 5) is 15.6. The lowest BCUT2D eigenvalue weighted by Crippen LogP contribution is -1.99. The third-order valence-corrected chi connectivity index (χ3v) is 3.24. The molecule has 0 unspecified atom stereocenters. The van der Waals surface area contributed by atoms with Crippen molar-refractivity contribution in [2.75, 3.05) is 12.4 Å². The minimum atomic E-state index is 0.415. The first kappa shape index (κ1) is 12.7. The zero-order chi connectivity index (χ0) is 14.1. The molecule has 0 saturated heterocycles. The zero-order valence-corrected chi connectivity index (χ0v) is 11.7. The maximum atomic E-state index is 6.00. The number of aromatic amines is 1. The molecule has 1 aromatic carbocycles. The largest absolute Gasteiger partial charge is 0.437 e. The number of rotatable bonds is 3. The van der Waals surface area contributed by atoms with E-state index < -0.39 is 0 Å². The van der Waals surface area contributed by atoms with Gasteiger partial charge in [-0.15, -0.1) is 0 Å². The van der Waals surface area contributed by atoms with Crippen LogP contribution < -0.4 is 10.1 Å². The Kier molecular flexibility index (Phi) is 3.15. The molecule has 6 nitrogen and oxygen atoms in total. The van der Waals surface area contributed by atoms with Crippen molar-refractivity contribution >= 4 is 28.7 Å². The number of imidazole rings is 1. The number of nitrogens with zero attached hydrogens (tertiary/aromatic N) is 3. The number of fused-ring (bicyclic) bond motifs is 1. The fourth-order valence-electron chi connectivity index (χ4n) is 1.78. The minimum absolute atomic E-state index is 0.415. The molecule has 2 heterocycles. The van der Waals surface area contributed by atoms with Gasteiger partial charge in [0.25, 0.3) is 5.88 Å². The first-order valence-electron chi connectivity index (χ1n) is 6.00. The highest BCUT2D eigenvalue weighted by molar-refractivity contribution is 6.31. The van der Waals surface area contributed by atoms with Crippen LogP contribution >= 0.6 is 11.6 Å². The number of halogens is 1. The van der Waals surface area contributed by atoms with Gasteiger partial charge >= 0.3 is 0 Å². The molecule has 0 aliphatic rings. The van der Waals surface area contributed by atoms with Crippen LogP contribution in [-0.2, 0) is 0 Å². The van der Waals surface area contributed by atoms with Crippen LogP contribution in [0.3, 0.4) is 0 Å². The second-order valence-electron chi connectivity index (χ2n) is 4.22. The van der Waals surface area contributed by atoms with Crippen molar-refractivity contribution in [1.29, 1.82) is 0 Å². The van der Waals surface area contributed by atoms with Crippen LogP contribution in [0.4, 0.5) is 5.95 Å². The van der Waals surface area contributed by atoms with Crippen molar-refractivity contribution in [3.8, 4) is 11.6 Å². The Morgan fingerprint density at radius 3 is 2.90 bits per heavy atom. The lowest BCUT2D eigenvalue weighted by Gasteiger charge is -2.08. The number of hydrogen-bond donors (Lipinski definition) is 2. The summed E-state index contributed by atoms with van der Waals surface area (Å²) in [6.45, 7) is 1.92. The van der Waals surface area contributed by atoms with E-state index in [1.807, 2.05) is 13.0 Å². The number of nitrogens with one attached hydrogen (secondary N) is 2. The maximum Gasteiger partial charge on any atom is 0.250 e. The van der Waals surface area contributed by atoms with Crippen LogP contribution in [0.1, 0.15) is 5.56 Å². The van der Waals surface area contributed by atoms with E-state index in [1.165, 1.54) is 0 Å². The van der Waals surface area contributed by atoms with E-state index in [1.54, 1.807) is 25.5 Å². The first-order valence-corrected chi connectivity index (χ1v) is 6.38. The highest BCUT2D eigenvalue weighted by Crippen LogP contribution is 2.28. The summed E-state index contributed by atoms with van der Waals surface area (Å²) >= 11 is 6.00. The number of benzene rings is 1. The van der Waals surface area contributed by atoms with Gasteiger partial charge in [-0.05, 0) is 30.7 Å². The molecular formula is C13H12ClN5O. The quantitative estimate of drug-likeness (QED) is 0.774. The standard InChI is InChI=1S/C13H12ClN5O/c1-7-5-8(3-4-9(7)14)20-12-10-11(17-6-16-10)18-13(15-2)19-12/h3-6H,1-2H3,(H2,15,16,17,18,19). The third-order valence-electron chi connectivity index (χ3n) is 2.82. The average molecular weight is 290 g/mol. The molecule has 0 amide bonds. The number of hydrogen-bond acceptors (Lipinski definition) is 5. The number of H-pyrrole nitrogens is 1. The monoisotopic (exact) mass is 289 g/mol. The van der Waals surface area contributed by atoms with Gasteiger partial charge < -0.3 is 15.0 Å². The Labute approximate surface area is 120 Å². The molecule has 0 radical (unpaired) electrons. The molecule has 20 heavy (non-hydrogen) atoms. The molecule has 2 aromatic heterocycles. The van der Waals surface area contributed by atoms with Gasteiger partial charge in [0.1, 0.15) is 11.3 Å². The van der Waals surface area contributed by atoms with Crippen molar-refractivity contribution in [3.63, 3.8) is 0 Å². The van der Waals surface area contributed by atoms with E-state index >= 15 is 0 Å². The topological polar surface area (TPSA) is 75.7 Å². The van der Waals surface area contributed by atoms with Crippen molar-refractivity contribution in [1.82, 2.24) is 19.9 Å². The van der Waals surface area contributed by atoms with Gasteiger partial charge in [-0.3, -0.25) is 0 Å². The molecule has 3 aromatic rings. The first-order chi connectivity index (χ1) is 9.67. The summed E-state index contributed by atoms with van der Waals surface area (Å²) < 4.78 is 5.81. The van der Waals surface area contributed by atoms with E-state index in [-0.39, 0.29) is 0 Å². The van der Waals surface area contributed by atoms with Crippen molar-refractivity contribution in [2.24, 2.45) is 0 Å². The summed E-state index contributed by atoms with van der Waals surface area (Å²) in [6.07, 6.45) is 1.55. The molecule has 3 rings (SSSR count). The molecule has 0 atom stereocenters. The van der Waals surface area contributed by atoms with Gasteiger partial charge in [0, 0.05) is 12.1 Å². The lowest BCUT2D eigenvalue weighted by atomic mass is 10.2. The molecule has 0 aliphatic carbocycles. The summed E-state index contributed by atoms with van der Waals surface area (Å²) in [5.74, 6) is 1.52. The van der Waals surface area contributed by atoms with E-state index in [0.717, 1.165) is 5.56 Å². The Bertz CT molecular complexity index is 771. The summed E-state index contributed by atoms with van der Waals surface area (Å²) in [5, 5.41) is 3.58. The summed E-state index contributed by atoms with van der Waals surface area (Å²) in [6, 6.07) is 5.43. The molecule has 0 saturated carbocycles. The molecular weight excluding hydrogens is 278 g/mol. The fourth-order valence-corrected chi connectivity index (χ4v) is 1.90. The SMILES string of the molecule is CNc1nc(Oc2ccc(Cl)c(C)c2)c2[nH]cnc2n1. The third kappa shape index (κ3) is 2.25. The predicted octanol–water partition coefficient (Wildman–Crippen LogP) is 3.15. The second-order valence-corrected chi connectivity index (χ2v) is 4.62. The molecule has 0 bridgehead atoms.